The van der Waals surface area contributed by atoms with Crippen molar-refractivity contribution in [1.82, 2.24) is 20.3 Å². The minimum atomic E-state index is -1.05. The van der Waals surface area contributed by atoms with Gasteiger partial charge in [-0.1, -0.05) is 0 Å². The summed E-state index contributed by atoms with van der Waals surface area (Å²) in [5.41, 5.74) is 2.44. The molecule has 0 radical (unpaired) electrons. The number of anilines is 1. The number of nitrogens with zero attached hydrogens (tertiary/aromatic N) is 2. The number of hydrogen-bond acceptors (Lipinski definition) is 5. The van der Waals surface area contributed by atoms with Gasteiger partial charge in [-0.05, 0) is 43.1 Å². The van der Waals surface area contributed by atoms with Gasteiger partial charge in [-0.2, -0.15) is 4.98 Å². The van der Waals surface area contributed by atoms with Crippen LogP contribution in [0.4, 0.5) is 10.6 Å². The number of H-pyrrole nitrogens is 1. The maximum atomic E-state index is 10.8. The fraction of sp³-hybridized carbons (Fsp3) is 0.312. The fourth-order valence-corrected chi connectivity index (χ4v) is 2.92. The summed E-state index contributed by atoms with van der Waals surface area (Å²) in [4.78, 5) is 22.5. The average molecular weight is 364 g/mol. The molecule has 3 aromatic rings. The zero-order valence-corrected chi connectivity index (χ0v) is 14.5. The van der Waals surface area contributed by atoms with Gasteiger partial charge in [-0.25, -0.2) is 9.78 Å². The number of nitrogens with one attached hydrogen (secondary N) is 3. The lowest BCUT2D eigenvalue weighted by molar-refractivity contribution is 0.190. The first kappa shape index (κ1) is 17.1. The molecule has 0 aromatic carbocycles. The zero-order valence-electron chi connectivity index (χ0n) is 13.8. The van der Waals surface area contributed by atoms with E-state index in [1.54, 1.807) is 13.2 Å². The molecule has 9 heteroatoms. The van der Waals surface area contributed by atoms with Crippen molar-refractivity contribution in [3.8, 4) is 0 Å². The van der Waals surface area contributed by atoms with Gasteiger partial charge in [-0.15, -0.1) is 0 Å². The number of aromatic nitrogens is 3. The highest BCUT2D eigenvalue weighted by molar-refractivity contribution is 6.28. The van der Waals surface area contributed by atoms with Crippen LogP contribution in [0.15, 0.2) is 22.8 Å². The van der Waals surface area contributed by atoms with Crippen molar-refractivity contribution in [2.24, 2.45) is 0 Å². The number of aryl methyl sites for hydroxylation is 1. The molecular weight excluding hydrogens is 346 g/mol. The highest BCUT2D eigenvalue weighted by Crippen LogP contribution is 2.29. The van der Waals surface area contributed by atoms with Crippen LogP contribution >= 0.6 is 11.6 Å². The Hall–Kier alpha value is -2.74. The van der Waals surface area contributed by atoms with E-state index in [4.69, 9.17) is 21.1 Å². The zero-order chi connectivity index (χ0) is 18.0. The molecule has 25 heavy (non-hydrogen) atoms. The van der Waals surface area contributed by atoms with Crippen LogP contribution < -0.4 is 10.6 Å². The number of furan rings is 1. The maximum absolute atomic E-state index is 10.8. The maximum Gasteiger partial charge on any atom is 0.404 e. The first-order valence-electron chi connectivity index (χ1n) is 7.74. The highest BCUT2D eigenvalue weighted by atomic mass is 35.5. The lowest BCUT2D eigenvalue weighted by atomic mass is 10.1. The number of fused-ring (bicyclic) bond motifs is 1. The summed E-state index contributed by atoms with van der Waals surface area (Å²) in [5, 5.41) is 15.4. The second-order valence-corrected chi connectivity index (χ2v) is 6.12. The number of rotatable bonds is 6. The van der Waals surface area contributed by atoms with Crippen LogP contribution in [0.1, 0.15) is 23.9 Å². The molecule has 1 amide bonds. The van der Waals surface area contributed by atoms with Crippen LogP contribution in [-0.2, 0) is 13.0 Å². The molecule has 0 fully saturated rings. The van der Waals surface area contributed by atoms with Gasteiger partial charge in [0.05, 0.1) is 18.2 Å². The van der Waals surface area contributed by atoms with E-state index in [9.17, 15) is 4.79 Å². The third-order valence-electron chi connectivity index (χ3n) is 3.87. The van der Waals surface area contributed by atoms with Gasteiger partial charge in [0, 0.05) is 18.2 Å². The minimum Gasteiger partial charge on any atom is -0.467 e. The molecule has 0 aliphatic heterocycles. The molecule has 4 N–H and O–H groups in total. The fourth-order valence-electron chi connectivity index (χ4n) is 2.75. The lowest BCUT2D eigenvalue weighted by Crippen LogP contribution is -2.32. The van der Waals surface area contributed by atoms with Gasteiger partial charge in [0.25, 0.3) is 0 Å². The topological polar surface area (TPSA) is 116 Å². The van der Waals surface area contributed by atoms with E-state index in [2.05, 4.69) is 25.6 Å². The first-order chi connectivity index (χ1) is 11.9. The summed E-state index contributed by atoms with van der Waals surface area (Å²) in [6.07, 6.45) is 1.06. The molecule has 132 valence electrons. The number of carboxylic acid groups (broad SMARTS) is 1. The standard InChI is InChI=1S/C16H18ClN5O3/c1-8(19-16(23)24)6-11-9(2)12-13(18-7-10-4-3-5-25-10)21-15(17)22-14(12)20-11/h3-5,8,19H,6-7H2,1-2H3,(H,23,24)(H2,18,20,21,22). The SMILES string of the molecule is Cc1c(CC(C)NC(=O)O)[nH]c2nc(Cl)nc(NCc3ccco3)c12. The summed E-state index contributed by atoms with van der Waals surface area (Å²) >= 11 is 6.02. The first-order valence-corrected chi connectivity index (χ1v) is 8.12. The predicted molar refractivity (Wildman–Crippen MR) is 94.0 cm³/mol. The molecule has 3 heterocycles. The van der Waals surface area contributed by atoms with Crippen LogP contribution in [0.3, 0.4) is 0 Å². The van der Waals surface area contributed by atoms with Crippen LogP contribution in [-0.4, -0.2) is 32.2 Å². The third kappa shape index (κ3) is 3.85. The second kappa shape index (κ2) is 7.02. The van der Waals surface area contributed by atoms with E-state index in [-0.39, 0.29) is 11.3 Å². The van der Waals surface area contributed by atoms with Gasteiger partial charge < -0.3 is 25.1 Å². The van der Waals surface area contributed by atoms with Crippen molar-refractivity contribution in [3.63, 3.8) is 0 Å². The quantitative estimate of drug-likeness (QED) is 0.499. The summed E-state index contributed by atoms with van der Waals surface area (Å²) in [6.45, 7) is 4.21. The van der Waals surface area contributed by atoms with Gasteiger partial charge in [0.1, 0.15) is 17.2 Å². The van der Waals surface area contributed by atoms with Crippen LogP contribution in [0, 0.1) is 6.92 Å². The van der Waals surface area contributed by atoms with Gasteiger partial charge in [0.15, 0.2) is 0 Å². The average Bonchev–Trinajstić information content (AvgIpc) is 3.13. The number of amides is 1. The van der Waals surface area contributed by atoms with Gasteiger partial charge >= 0.3 is 6.09 Å². The Morgan fingerprint density at radius 2 is 2.28 bits per heavy atom. The van der Waals surface area contributed by atoms with Crippen molar-refractivity contribution in [2.75, 3.05) is 5.32 Å². The summed E-state index contributed by atoms with van der Waals surface area (Å²) in [5.74, 6) is 1.38. The van der Waals surface area contributed by atoms with Gasteiger partial charge in [-0.3, -0.25) is 0 Å². The van der Waals surface area contributed by atoms with E-state index in [0.29, 0.717) is 24.4 Å². The van der Waals surface area contributed by atoms with E-state index in [0.717, 1.165) is 22.4 Å². The molecule has 3 rings (SSSR count). The Morgan fingerprint density at radius 3 is 2.96 bits per heavy atom. The Labute approximate surface area is 148 Å². The Kier molecular flexibility index (Phi) is 4.80. The van der Waals surface area contributed by atoms with E-state index in [1.807, 2.05) is 19.1 Å². The second-order valence-electron chi connectivity index (χ2n) is 5.78. The molecule has 3 aromatic heterocycles. The molecule has 0 aliphatic carbocycles. The normalized spacial score (nSPS) is 12.3. The van der Waals surface area contributed by atoms with Gasteiger partial charge in [0.2, 0.25) is 5.28 Å². The Bertz CT molecular complexity index is 891. The van der Waals surface area contributed by atoms with Crippen LogP contribution in [0.2, 0.25) is 5.28 Å². The number of halogens is 1. The molecule has 0 aliphatic rings. The summed E-state index contributed by atoms with van der Waals surface area (Å²) in [6, 6.07) is 3.43. The number of carbonyl (C=O) groups is 1. The lowest BCUT2D eigenvalue weighted by Gasteiger charge is -2.10. The largest absolute Gasteiger partial charge is 0.467 e. The molecule has 1 atom stereocenters. The van der Waals surface area contributed by atoms with Crippen LogP contribution in [0.25, 0.3) is 11.0 Å². The monoisotopic (exact) mass is 363 g/mol. The molecule has 0 saturated carbocycles. The van der Waals surface area contributed by atoms with E-state index >= 15 is 0 Å². The van der Waals surface area contributed by atoms with E-state index in [1.165, 1.54) is 0 Å². The van der Waals surface area contributed by atoms with Crippen molar-refractivity contribution >= 4 is 34.5 Å². The van der Waals surface area contributed by atoms with E-state index < -0.39 is 6.09 Å². The predicted octanol–water partition coefficient (Wildman–Crippen LogP) is 3.32. The van der Waals surface area contributed by atoms with Crippen molar-refractivity contribution in [1.29, 1.82) is 0 Å². The Morgan fingerprint density at radius 1 is 1.48 bits per heavy atom. The molecule has 0 saturated heterocycles. The van der Waals surface area contributed by atoms with Crippen molar-refractivity contribution < 1.29 is 14.3 Å². The summed E-state index contributed by atoms with van der Waals surface area (Å²) < 4.78 is 5.31. The minimum absolute atomic E-state index is 0.124. The van der Waals surface area contributed by atoms with Crippen molar-refractivity contribution in [2.45, 2.75) is 32.9 Å². The molecule has 1 unspecified atom stereocenters. The molecule has 8 nitrogen and oxygen atoms in total. The highest BCUT2D eigenvalue weighted by Gasteiger charge is 2.17. The molecular formula is C16H18ClN5O3. The summed E-state index contributed by atoms with van der Waals surface area (Å²) in [7, 11) is 0. The number of hydrogen-bond donors (Lipinski definition) is 4. The van der Waals surface area contributed by atoms with Crippen LogP contribution in [0.5, 0.6) is 0 Å². The Balaban J connectivity index is 1.90. The third-order valence-corrected chi connectivity index (χ3v) is 4.04. The smallest absolute Gasteiger partial charge is 0.404 e. The number of aromatic amines is 1. The van der Waals surface area contributed by atoms with Crippen molar-refractivity contribution in [3.05, 3.63) is 40.7 Å². The molecule has 0 spiro atoms. The molecule has 0 bridgehead atoms.